The summed E-state index contributed by atoms with van der Waals surface area (Å²) in [5.74, 6) is 6.63. The van der Waals surface area contributed by atoms with Gasteiger partial charge in [0.15, 0.2) is 5.60 Å². The van der Waals surface area contributed by atoms with E-state index in [-0.39, 0.29) is 0 Å². The molecule has 0 spiro atoms. The SMILES string of the molecule is NNC(=O)CC(O)(CC(=O)NN)C(N)=O. The van der Waals surface area contributed by atoms with E-state index in [0.29, 0.717) is 0 Å². The van der Waals surface area contributed by atoms with Gasteiger partial charge in [-0.25, -0.2) is 11.7 Å². The second kappa shape index (κ2) is 5.24. The number of carbonyl (C=O) groups excluding carboxylic acids is 3. The van der Waals surface area contributed by atoms with Crippen LogP contribution in [0.25, 0.3) is 0 Å². The van der Waals surface area contributed by atoms with Gasteiger partial charge < -0.3 is 10.8 Å². The van der Waals surface area contributed by atoms with Crippen molar-refractivity contribution in [2.45, 2.75) is 18.4 Å². The molecule has 0 rings (SSSR count). The normalized spacial score (nSPS) is 10.6. The van der Waals surface area contributed by atoms with Crippen LogP contribution in [0, 0.1) is 0 Å². The second-order valence-corrected chi connectivity index (χ2v) is 2.88. The molecule has 0 aliphatic carbocycles. The van der Waals surface area contributed by atoms with Crippen LogP contribution in [0.1, 0.15) is 12.8 Å². The highest BCUT2D eigenvalue weighted by molar-refractivity contribution is 5.94. The lowest BCUT2D eigenvalue weighted by Crippen LogP contribution is -2.51. The quantitative estimate of drug-likeness (QED) is 0.156. The predicted molar refractivity (Wildman–Crippen MR) is 48.0 cm³/mol. The van der Waals surface area contributed by atoms with E-state index in [0.717, 1.165) is 0 Å². The Bertz CT molecular complexity index is 261. The number of carbonyl (C=O) groups is 3. The van der Waals surface area contributed by atoms with Crippen molar-refractivity contribution in [2.75, 3.05) is 0 Å². The first-order valence-corrected chi connectivity index (χ1v) is 3.87. The molecule has 0 aliphatic rings. The Morgan fingerprint density at radius 1 is 1.07 bits per heavy atom. The summed E-state index contributed by atoms with van der Waals surface area (Å²) >= 11 is 0. The van der Waals surface area contributed by atoms with Gasteiger partial charge in [-0.3, -0.25) is 25.2 Å². The van der Waals surface area contributed by atoms with Crippen molar-refractivity contribution >= 4 is 17.7 Å². The first-order chi connectivity index (χ1) is 6.85. The Morgan fingerprint density at radius 3 is 1.60 bits per heavy atom. The van der Waals surface area contributed by atoms with E-state index in [4.69, 9.17) is 17.4 Å². The van der Waals surface area contributed by atoms with Crippen molar-refractivity contribution in [3.63, 3.8) is 0 Å². The van der Waals surface area contributed by atoms with E-state index in [1.807, 2.05) is 0 Å². The summed E-state index contributed by atoms with van der Waals surface area (Å²) in [6.07, 6.45) is -1.43. The minimum Gasteiger partial charge on any atom is -0.379 e. The topological polar surface area (TPSA) is 174 Å². The number of hydrogen-bond acceptors (Lipinski definition) is 6. The van der Waals surface area contributed by atoms with Crippen molar-refractivity contribution in [3.8, 4) is 0 Å². The van der Waals surface area contributed by atoms with Crippen LogP contribution in [-0.2, 0) is 14.4 Å². The Hall–Kier alpha value is -1.71. The number of hydrazine groups is 2. The fraction of sp³-hybridized carbons (Fsp3) is 0.500. The third-order valence-corrected chi connectivity index (χ3v) is 1.69. The molecular weight excluding hydrogens is 206 g/mol. The van der Waals surface area contributed by atoms with E-state index in [2.05, 4.69) is 0 Å². The molecule has 0 unspecified atom stereocenters. The summed E-state index contributed by atoms with van der Waals surface area (Å²) in [7, 11) is 0. The second-order valence-electron chi connectivity index (χ2n) is 2.88. The van der Waals surface area contributed by atoms with Gasteiger partial charge in [0.25, 0.3) is 0 Å². The first-order valence-electron chi connectivity index (χ1n) is 3.87. The number of nitrogens with one attached hydrogen (secondary N) is 2. The van der Waals surface area contributed by atoms with Gasteiger partial charge in [-0.05, 0) is 0 Å². The number of primary amides is 1. The van der Waals surface area contributed by atoms with E-state index in [9.17, 15) is 19.5 Å². The standard InChI is InChI=1S/C6H13N5O4/c7-5(14)6(15,1-3(12)10-8)2-4(13)11-9/h15H,1-2,8-9H2,(H2,7,14)(H,10,12)(H,11,13). The summed E-state index contributed by atoms with van der Waals surface area (Å²) in [6, 6.07) is 0. The summed E-state index contributed by atoms with van der Waals surface area (Å²) in [5.41, 5.74) is 5.94. The van der Waals surface area contributed by atoms with Gasteiger partial charge >= 0.3 is 0 Å². The molecule has 0 fully saturated rings. The van der Waals surface area contributed by atoms with Gasteiger partial charge in [-0.1, -0.05) is 0 Å². The third-order valence-electron chi connectivity index (χ3n) is 1.69. The largest absolute Gasteiger partial charge is 0.379 e. The fourth-order valence-electron chi connectivity index (χ4n) is 0.870. The molecule has 0 saturated carbocycles. The van der Waals surface area contributed by atoms with Crippen LogP contribution in [0.3, 0.4) is 0 Å². The Balaban J connectivity index is 4.67. The maximum Gasteiger partial charge on any atom is 0.250 e. The van der Waals surface area contributed by atoms with Crippen LogP contribution < -0.4 is 28.3 Å². The van der Waals surface area contributed by atoms with Gasteiger partial charge in [0.2, 0.25) is 17.7 Å². The van der Waals surface area contributed by atoms with Crippen molar-refractivity contribution in [1.82, 2.24) is 10.9 Å². The molecule has 0 heterocycles. The number of aliphatic hydroxyl groups is 1. The lowest BCUT2D eigenvalue weighted by molar-refractivity contribution is -0.147. The maximum atomic E-state index is 10.9. The number of nitrogens with two attached hydrogens (primary N) is 3. The highest BCUT2D eigenvalue weighted by Gasteiger charge is 2.38. The summed E-state index contributed by atoms with van der Waals surface area (Å²) < 4.78 is 0. The number of rotatable bonds is 5. The molecule has 3 amide bonds. The minimum atomic E-state index is -2.30. The minimum absolute atomic E-state index is 0.716. The van der Waals surface area contributed by atoms with Gasteiger partial charge in [0.1, 0.15) is 0 Å². The average molecular weight is 219 g/mol. The van der Waals surface area contributed by atoms with E-state index in [1.54, 1.807) is 10.9 Å². The zero-order valence-electron chi connectivity index (χ0n) is 7.82. The summed E-state index contributed by atoms with van der Waals surface area (Å²) in [5, 5.41) is 9.58. The van der Waals surface area contributed by atoms with Crippen LogP contribution in [0.15, 0.2) is 0 Å². The molecule has 0 aromatic rings. The van der Waals surface area contributed by atoms with Crippen molar-refractivity contribution in [2.24, 2.45) is 17.4 Å². The van der Waals surface area contributed by atoms with Crippen LogP contribution >= 0.6 is 0 Å². The van der Waals surface area contributed by atoms with Crippen LogP contribution in [0.2, 0.25) is 0 Å². The molecule has 9 N–H and O–H groups in total. The third kappa shape index (κ3) is 3.89. The zero-order chi connectivity index (χ0) is 12.1. The first kappa shape index (κ1) is 13.3. The molecule has 15 heavy (non-hydrogen) atoms. The predicted octanol–water partition coefficient (Wildman–Crippen LogP) is -4.04. The Morgan fingerprint density at radius 2 is 1.40 bits per heavy atom. The molecule has 9 nitrogen and oxygen atoms in total. The van der Waals surface area contributed by atoms with E-state index < -0.39 is 36.2 Å². The zero-order valence-corrected chi connectivity index (χ0v) is 7.82. The monoisotopic (exact) mass is 219 g/mol. The number of amides is 3. The van der Waals surface area contributed by atoms with Crippen molar-refractivity contribution in [1.29, 1.82) is 0 Å². The van der Waals surface area contributed by atoms with Gasteiger partial charge in [-0.2, -0.15) is 0 Å². The Labute approximate surface area is 84.9 Å². The molecule has 9 heteroatoms. The van der Waals surface area contributed by atoms with Crippen molar-refractivity contribution < 1.29 is 19.5 Å². The molecule has 0 aliphatic heterocycles. The van der Waals surface area contributed by atoms with Crippen LogP contribution in [0.4, 0.5) is 0 Å². The summed E-state index contributed by atoms with van der Waals surface area (Å²) in [6.45, 7) is 0. The fourth-order valence-corrected chi connectivity index (χ4v) is 0.870. The molecule has 0 bridgehead atoms. The molecule has 0 aromatic heterocycles. The molecule has 86 valence electrons. The van der Waals surface area contributed by atoms with E-state index >= 15 is 0 Å². The van der Waals surface area contributed by atoms with Gasteiger partial charge in [0, 0.05) is 0 Å². The molecule has 0 radical (unpaired) electrons. The van der Waals surface area contributed by atoms with Crippen LogP contribution in [-0.4, -0.2) is 28.4 Å². The Kier molecular flexibility index (Phi) is 4.64. The summed E-state index contributed by atoms with van der Waals surface area (Å²) in [4.78, 5) is 32.5. The van der Waals surface area contributed by atoms with Gasteiger partial charge in [-0.15, -0.1) is 0 Å². The highest BCUT2D eigenvalue weighted by Crippen LogP contribution is 2.14. The molecule has 0 saturated heterocycles. The average Bonchev–Trinajstić information content (AvgIpc) is 2.16. The lowest BCUT2D eigenvalue weighted by atomic mass is 9.94. The molecular formula is C6H13N5O4. The highest BCUT2D eigenvalue weighted by atomic mass is 16.3. The lowest BCUT2D eigenvalue weighted by Gasteiger charge is -2.22. The smallest absolute Gasteiger partial charge is 0.250 e. The molecule has 0 atom stereocenters. The van der Waals surface area contributed by atoms with Crippen molar-refractivity contribution in [3.05, 3.63) is 0 Å². The van der Waals surface area contributed by atoms with E-state index in [1.165, 1.54) is 0 Å². The van der Waals surface area contributed by atoms with Crippen LogP contribution in [0.5, 0.6) is 0 Å². The molecule has 0 aromatic carbocycles. The maximum absolute atomic E-state index is 10.9. The van der Waals surface area contributed by atoms with Gasteiger partial charge in [0.05, 0.1) is 12.8 Å². The number of hydrogen-bond donors (Lipinski definition) is 6.